The van der Waals surface area contributed by atoms with Crippen LogP contribution in [-0.4, -0.2) is 50.1 Å². The summed E-state index contributed by atoms with van der Waals surface area (Å²) in [6.45, 7) is 5.53. The van der Waals surface area contributed by atoms with Crippen LogP contribution in [0.15, 0.2) is 60.7 Å². The van der Waals surface area contributed by atoms with Crippen LogP contribution in [0.1, 0.15) is 6.92 Å². The third-order valence-corrected chi connectivity index (χ3v) is 4.49. The summed E-state index contributed by atoms with van der Waals surface area (Å²) < 4.78 is 6.11. The number of aliphatic hydroxyl groups is 1. The second-order valence-electron chi connectivity index (χ2n) is 6.18. The minimum absolute atomic E-state index is 0.0529. The lowest BCUT2D eigenvalue weighted by Crippen LogP contribution is -2.52. The van der Waals surface area contributed by atoms with E-state index < -0.39 is 0 Å². The quantitative estimate of drug-likeness (QED) is 0.885. The van der Waals surface area contributed by atoms with Gasteiger partial charge in [0.1, 0.15) is 0 Å². The summed E-state index contributed by atoms with van der Waals surface area (Å²) in [6.07, 6.45) is -0.0744. The van der Waals surface area contributed by atoms with Crippen molar-refractivity contribution in [2.75, 3.05) is 42.6 Å². The Hall–Kier alpha value is -2.04. The molecule has 1 saturated heterocycles. The SMILES string of the molecule is CCN(C[C@H]1CN(c2ccccc2)C[C@H](CO)O1)c1ccccc1. The summed E-state index contributed by atoms with van der Waals surface area (Å²) in [4.78, 5) is 4.64. The van der Waals surface area contributed by atoms with Gasteiger partial charge in [-0.1, -0.05) is 36.4 Å². The maximum absolute atomic E-state index is 9.62. The minimum atomic E-state index is -0.140. The van der Waals surface area contributed by atoms with E-state index >= 15 is 0 Å². The predicted molar refractivity (Wildman–Crippen MR) is 98.7 cm³/mol. The van der Waals surface area contributed by atoms with E-state index in [4.69, 9.17) is 4.74 Å². The van der Waals surface area contributed by atoms with Crippen LogP contribution in [0.5, 0.6) is 0 Å². The second kappa shape index (κ2) is 8.18. The van der Waals surface area contributed by atoms with Crippen molar-refractivity contribution in [2.24, 2.45) is 0 Å². The van der Waals surface area contributed by atoms with E-state index in [1.807, 2.05) is 12.1 Å². The Morgan fingerprint density at radius 1 is 1.00 bits per heavy atom. The minimum Gasteiger partial charge on any atom is -0.394 e. The molecular weight excluding hydrogens is 300 g/mol. The van der Waals surface area contributed by atoms with E-state index in [0.29, 0.717) is 0 Å². The van der Waals surface area contributed by atoms with Crippen molar-refractivity contribution in [2.45, 2.75) is 19.1 Å². The smallest absolute Gasteiger partial charge is 0.0985 e. The van der Waals surface area contributed by atoms with Gasteiger partial charge in [-0.2, -0.15) is 0 Å². The Bertz CT molecular complexity index is 606. The molecule has 1 aliphatic heterocycles. The van der Waals surface area contributed by atoms with Gasteiger partial charge in [-0.05, 0) is 31.2 Å². The first-order chi connectivity index (χ1) is 11.8. The zero-order valence-electron chi connectivity index (χ0n) is 14.2. The normalized spacial score (nSPS) is 20.8. The molecule has 2 aromatic carbocycles. The molecule has 0 radical (unpaired) electrons. The first-order valence-electron chi connectivity index (χ1n) is 8.66. The van der Waals surface area contributed by atoms with Gasteiger partial charge in [-0.3, -0.25) is 0 Å². The monoisotopic (exact) mass is 326 g/mol. The van der Waals surface area contributed by atoms with Crippen molar-refractivity contribution >= 4 is 11.4 Å². The highest BCUT2D eigenvalue weighted by atomic mass is 16.5. The summed E-state index contributed by atoms with van der Waals surface area (Å²) in [5, 5.41) is 9.62. The van der Waals surface area contributed by atoms with Crippen molar-refractivity contribution in [3.05, 3.63) is 60.7 Å². The van der Waals surface area contributed by atoms with Crippen molar-refractivity contribution in [3.63, 3.8) is 0 Å². The predicted octanol–water partition coefficient (Wildman–Crippen LogP) is 2.78. The first-order valence-corrected chi connectivity index (χ1v) is 8.66. The van der Waals surface area contributed by atoms with Gasteiger partial charge >= 0.3 is 0 Å². The van der Waals surface area contributed by atoms with Crippen molar-refractivity contribution in [1.29, 1.82) is 0 Å². The molecule has 2 aromatic rings. The van der Waals surface area contributed by atoms with E-state index in [0.717, 1.165) is 26.2 Å². The topological polar surface area (TPSA) is 35.9 Å². The lowest BCUT2D eigenvalue weighted by molar-refractivity contribution is -0.0466. The standard InChI is InChI=1S/C20H26N2O2/c1-2-21(17-9-5-3-6-10-17)13-19-14-22(15-20(16-23)24-19)18-11-7-4-8-12-18/h3-12,19-20,23H,2,13-16H2,1H3/t19-,20+/m0/s1. The molecule has 0 aliphatic carbocycles. The number of morpholine rings is 1. The van der Waals surface area contributed by atoms with Gasteiger partial charge in [0.05, 0.1) is 18.8 Å². The zero-order chi connectivity index (χ0) is 16.8. The molecule has 0 spiro atoms. The van der Waals surface area contributed by atoms with Gasteiger partial charge < -0.3 is 19.6 Å². The largest absolute Gasteiger partial charge is 0.394 e. The van der Waals surface area contributed by atoms with Crippen LogP contribution in [-0.2, 0) is 4.74 Å². The second-order valence-corrected chi connectivity index (χ2v) is 6.18. The van der Waals surface area contributed by atoms with Crippen LogP contribution in [0.2, 0.25) is 0 Å². The molecule has 1 heterocycles. The lowest BCUT2D eigenvalue weighted by Gasteiger charge is -2.40. The Labute approximate surface area is 144 Å². The Kier molecular flexibility index (Phi) is 5.72. The number of ether oxygens (including phenoxy) is 1. The number of likely N-dealkylation sites (N-methyl/N-ethyl adjacent to an activating group) is 1. The lowest BCUT2D eigenvalue weighted by atomic mass is 10.1. The molecule has 0 bridgehead atoms. The average molecular weight is 326 g/mol. The van der Waals surface area contributed by atoms with E-state index in [-0.39, 0.29) is 18.8 Å². The molecule has 1 aliphatic rings. The van der Waals surface area contributed by atoms with Crippen LogP contribution in [0.4, 0.5) is 11.4 Å². The molecule has 4 heteroatoms. The van der Waals surface area contributed by atoms with Gasteiger partial charge in [-0.25, -0.2) is 0 Å². The number of benzene rings is 2. The van der Waals surface area contributed by atoms with Crippen LogP contribution in [0, 0.1) is 0 Å². The summed E-state index contributed by atoms with van der Waals surface area (Å²) in [6, 6.07) is 20.8. The fourth-order valence-corrected chi connectivity index (χ4v) is 3.28. The maximum atomic E-state index is 9.62. The number of rotatable bonds is 6. The fraction of sp³-hybridized carbons (Fsp3) is 0.400. The fourth-order valence-electron chi connectivity index (χ4n) is 3.28. The highest BCUT2D eigenvalue weighted by molar-refractivity contribution is 5.48. The Morgan fingerprint density at radius 2 is 1.62 bits per heavy atom. The van der Waals surface area contributed by atoms with Gasteiger partial charge in [0.25, 0.3) is 0 Å². The average Bonchev–Trinajstić information content (AvgIpc) is 2.67. The molecule has 0 amide bonds. The van der Waals surface area contributed by atoms with Crippen LogP contribution >= 0.6 is 0 Å². The third kappa shape index (κ3) is 4.08. The third-order valence-electron chi connectivity index (χ3n) is 4.49. The summed E-state index contributed by atoms with van der Waals surface area (Å²) in [5.74, 6) is 0. The van der Waals surface area contributed by atoms with Gasteiger partial charge in [0.15, 0.2) is 0 Å². The summed E-state index contributed by atoms with van der Waals surface area (Å²) >= 11 is 0. The number of hydrogen-bond donors (Lipinski definition) is 1. The molecular formula is C20H26N2O2. The maximum Gasteiger partial charge on any atom is 0.0985 e. The number of aliphatic hydroxyl groups excluding tert-OH is 1. The Balaban J connectivity index is 1.72. The van der Waals surface area contributed by atoms with Crippen molar-refractivity contribution in [1.82, 2.24) is 0 Å². The number of hydrogen-bond acceptors (Lipinski definition) is 4. The van der Waals surface area contributed by atoms with Crippen molar-refractivity contribution < 1.29 is 9.84 Å². The number of para-hydroxylation sites is 2. The highest BCUT2D eigenvalue weighted by Gasteiger charge is 2.28. The van der Waals surface area contributed by atoms with E-state index in [1.54, 1.807) is 0 Å². The molecule has 2 atom stereocenters. The van der Waals surface area contributed by atoms with E-state index in [1.165, 1.54) is 11.4 Å². The number of nitrogens with zero attached hydrogens (tertiary/aromatic N) is 2. The molecule has 0 unspecified atom stereocenters. The molecule has 1 fully saturated rings. The van der Waals surface area contributed by atoms with Crippen LogP contribution in [0.3, 0.4) is 0 Å². The molecule has 3 rings (SSSR count). The van der Waals surface area contributed by atoms with Crippen molar-refractivity contribution in [3.8, 4) is 0 Å². The molecule has 128 valence electrons. The van der Waals surface area contributed by atoms with Crippen LogP contribution < -0.4 is 9.80 Å². The molecule has 1 N–H and O–H groups in total. The van der Waals surface area contributed by atoms with E-state index in [9.17, 15) is 5.11 Å². The van der Waals surface area contributed by atoms with Gasteiger partial charge in [0, 0.05) is 37.6 Å². The summed E-state index contributed by atoms with van der Waals surface area (Å²) in [5.41, 5.74) is 2.40. The summed E-state index contributed by atoms with van der Waals surface area (Å²) in [7, 11) is 0. The molecule has 0 aromatic heterocycles. The molecule has 24 heavy (non-hydrogen) atoms. The van der Waals surface area contributed by atoms with E-state index in [2.05, 4.69) is 65.3 Å². The Morgan fingerprint density at radius 3 is 2.25 bits per heavy atom. The highest BCUT2D eigenvalue weighted by Crippen LogP contribution is 2.22. The van der Waals surface area contributed by atoms with Crippen LogP contribution in [0.25, 0.3) is 0 Å². The van der Waals surface area contributed by atoms with Gasteiger partial charge in [-0.15, -0.1) is 0 Å². The molecule has 0 saturated carbocycles. The van der Waals surface area contributed by atoms with Gasteiger partial charge in [0.2, 0.25) is 0 Å². The first kappa shape index (κ1) is 16.8. The molecule has 4 nitrogen and oxygen atoms in total. The zero-order valence-corrected chi connectivity index (χ0v) is 14.2. The number of anilines is 2.